The SMILES string of the molecule is CC(C)(CO)NC(=O)c1ccc(C#N)[nH]1. The summed E-state index contributed by atoms with van der Waals surface area (Å²) < 4.78 is 0. The number of rotatable bonds is 3. The molecule has 1 rings (SSSR count). The van der Waals surface area contributed by atoms with Crippen LogP contribution in [-0.4, -0.2) is 28.1 Å². The number of aromatic amines is 1. The number of nitriles is 1. The Morgan fingerprint density at radius 3 is 2.80 bits per heavy atom. The van der Waals surface area contributed by atoms with Crippen molar-refractivity contribution in [2.24, 2.45) is 0 Å². The first-order valence-corrected chi connectivity index (χ1v) is 4.51. The Labute approximate surface area is 87.7 Å². The highest BCUT2D eigenvalue weighted by atomic mass is 16.3. The number of aliphatic hydroxyl groups excluding tert-OH is 1. The lowest BCUT2D eigenvalue weighted by Crippen LogP contribution is -2.46. The molecule has 0 unspecified atom stereocenters. The summed E-state index contributed by atoms with van der Waals surface area (Å²) in [5.41, 5.74) is -0.0235. The molecule has 0 atom stereocenters. The minimum atomic E-state index is -0.672. The van der Waals surface area contributed by atoms with Crippen molar-refractivity contribution >= 4 is 5.91 Å². The number of H-pyrrole nitrogens is 1. The largest absolute Gasteiger partial charge is 0.394 e. The van der Waals surface area contributed by atoms with Crippen LogP contribution in [0.2, 0.25) is 0 Å². The molecule has 1 heterocycles. The van der Waals surface area contributed by atoms with E-state index in [2.05, 4.69) is 10.3 Å². The van der Waals surface area contributed by atoms with Gasteiger partial charge in [0.15, 0.2) is 0 Å². The van der Waals surface area contributed by atoms with Crippen molar-refractivity contribution in [1.82, 2.24) is 10.3 Å². The Morgan fingerprint density at radius 1 is 1.67 bits per heavy atom. The molecule has 1 aromatic heterocycles. The number of amides is 1. The predicted octanol–water partition coefficient (Wildman–Crippen LogP) is 0.387. The van der Waals surface area contributed by atoms with E-state index in [9.17, 15) is 4.79 Å². The van der Waals surface area contributed by atoms with Crippen molar-refractivity contribution in [2.45, 2.75) is 19.4 Å². The number of aromatic nitrogens is 1. The molecular formula is C10H13N3O2. The number of hydrogen-bond donors (Lipinski definition) is 3. The van der Waals surface area contributed by atoms with Crippen molar-refractivity contribution in [1.29, 1.82) is 5.26 Å². The van der Waals surface area contributed by atoms with Crippen LogP contribution in [0.3, 0.4) is 0 Å². The van der Waals surface area contributed by atoms with Gasteiger partial charge < -0.3 is 15.4 Å². The van der Waals surface area contributed by atoms with Crippen molar-refractivity contribution in [2.75, 3.05) is 6.61 Å². The summed E-state index contributed by atoms with van der Waals surface area (Å²) in [6.45, 7) is 3.27. The highest BCUT2D eigenvalue weighted by Gasteiger charge is 2.20. The van der Waals surface area contributed by atoms with Crippen LogP contribution >= 0.6 is 0 Å². The molecule has 1 aromatic rings. The second kappa shape index (κ2) is 4.15. The fraction of sp³-hybridized carbons (Fsp3) is 0.400. The van der Waals surface area contributed by atoms with E-state index < -0.39 is 5.54 Å². The number of nitrogens with zero attached hydrogens (tertiary/aromatic N) is 1. The van der Waals surface area contributed by atoms with Gasteiger partial charge in [-0.25, -0.2) is 0 Å². The first-order chi connectivity index (χ1) is 6.98. The van der Waals surface area contributed by atoms with Gasteiger partial charge in [-0.2, -0.15) is 5.26 Å². The maximum absolute atomic E-state index is 11.6. The van der Waals surface area contributed by atoms with E-state index in [1.807, 2.05) is 6.07 Å². The fourth-order valence-corrected chi connectivity index (χ4v) is 1.01. The molecule has 0 aromatic carbocycles. The molecule has 0 aliphatic heterocycles. The van der Waals surface area contributed by atoms with Gasteiger partial charge in [-0.1, -0.05) is 0 Å². The second-order valence-electron chi connectivity index (χ2n) is 3.89. The number of aliphatic hydroxyl groups is 1. The summed E-state index contributed by atoms with van der Waals surface area (Å²) >= 11 is 0. The van der Waals surface area contributed by atoms with Crippen LogP contribution in [0, 0.1) is 11.3 Å². The molecule has 0 aliphatic rings. The lowest BCUT2D eigenvalue weighted by atomic mass is 10.1. The third-order valence-electron chi connectivity index (χ3n) is 1.90. The van der Waals surface area contributed by atoms with Crippen LogP contribution in [0.15, 0.2) is 12.1 Å². The Kier molecular flexibility index (Phi) is 3.12. The molecule has 3 N–H and O–H groups in total. The maximum Gasteiger partial charge on any atom is 0.268 e. The third kappa shape index (κ3) is 2.82. The molecule has 80 valence electrons. The van der Waals surface area contributed by atoms with Gasteiger partial charge in [-0.05, 0) is 26.0 Å². The third-order valence-corrected chi connectivity index (χ3v) is 1.90. The quantitative estimate of drug-likeness (QED) is 0.669. The summed E-state index contributed by atoms with van der Waals surface area (Å²) in [5, 5.41) is 20.2. The molecule has 5 heteroatoms. The van der Waals surface area contributed by atoms with Crippen LogP contribution in [0.4, 0.5) is 0 Å². The van der Waals surface area contributed by atoms with E-state index in [4.69, 9.17) is 10.4 Å². The Balaban J connectivity index is 2.74. The summed E-state index contributed by atoms with van der Waals surface area (Å²) in [6.07, 6.45) is 0. The Bertz CT molecular complexity index is 401. The van der Waals surface area contributed by atoms with E-state index in [0.717, 1.165) is 0 Å². The van der Waals surface area contributed by atoms with Crippen LogP contribution in [-0.2, 0) is 0 Å². The average molecular weight is 207 g/mol. The highest BCUT2D eigenvalue weighted by molar-refractivity contribution is 5.93. The van der Waals surface area contributed by atoms with Crippen molar-refractivity contribution in [3.8, 4) is 6.07 Å². The van der Waals surface area contributed by atoms with Gasteiger partial charge in [0.25, 0.3) is 5.91 Å². The van der Waals surface area contributed by atoms with Crippen LogP contribution in [0.25, 0.3) is 0 Å². The Hall–Kier alpha value is -1.80. The minimum Gasteiger partial charge on any atom is -0.394 e. The molecule has 0 bridgehead atoms. The van der Waals surface area contributed by atoms with Gasteiger partial charge in [0.05, 0.1) is 12.1 Å². The fourth-order valence-electron chi connectivity index (χ4n) is 1.01. The first-order valence-electron chi connectivity index (χ1n) is 4.51. The maximum atomic E-state index is 11.6. The van der Waals surface area contributed by atoms with Crippen LogP contribution < -0.4 is 5.32 Å². The van der Waals surface area contributed by atoms with Gasteiger partial charge in [0.1, 0.15) is 17.5 Å². The zero-order valence-electron chi connectivity index (χ0n) is 8.66. The lowest BCUT2D eigenvalue weighted by molar-refractivity contribution is 0.0865. The summed E-state index contributed by atoms with van der Waals surface area (Å²) in [4.78, 5) is 14.2. The smallest absolute Gasteiger partial charge is 0.268 e. The monoisotopic (exact) mass is 207 g/mol. The summed E-state index contributed by atoms with van der Waals surface area (Å²) in [6, 6.07) is 4.95. The topological polar surface area (TPSA) is 88.9 Å². The molecule has 5 nitrogen and oxygen atoms in total. The minimum absolute atomic E-state index is 0.148. The molecular weight excluding hydrogens is 194 g/mol. The van der Waals surface area contributed by atoms with E-state index in [1.54, 1.807) is 13.8 Å². The standard InChI is InChI=1S/C10H13N3O2/c1-10(2,6-14)13-9(15)8-4-3-7(5-11)12-8/h3-4,12,14H,6H2,1-2H3,(H,13,15). The van der Waals surface area contributed by atoms with Gasteiger partial charge in [0, 0.05) is 0 Å². The van der Waals surface area contributed by atoms with Crippen LogP contribution in [0.1, 0.15) is 30.0 Å². The van der Waals surface area contributed by atoms with E-state index >= 15 is 0 Å². The number of carbonyl (C=O) groups excluding carboxylic acids is 1. The van der Waals surface area contributed by atoms with Crippen LogP contribution in [0.5, 0.6) is 0 Å². The zero-order chi connectivity index (χ0) is 11.5. The molecule has 0 radical (unpaired) electrons. The molecule has 0 fully saturated rings. The number of nitrogens with one attached hydrogen (secondary N) is 2. The molecule has 0 saturated heterocycles. The zero-order valence-corrected chi connectivity index (χ0v) is 8.66. The van der Waals surface area contributed by atoms with Crippen molar-refractivity contribution in [3.63, 3.8) is 0 Å². The van der Waals surface area contributed by atoms with Gasteiger partial charge in [0.2, 0.25) is 0 Å². The molecule has 0 aliphatic carbocycles. The van der Waals surface area contributed by atoms with E-state index in [1.165, 1.54) is 12.1 Å². The summed E-state index contributed by atoms with van der Waals surface area (Å²) in [7, 11) is 0. The van der Waals surface area contributed by atoms with Gasteiger partial charge in [-0.15, -0.1) is 0 Å². The van der Waals surface area contributed by atoms with Crippen molar-refractivity contribution in [3.05, 3.63) is 23.5 Å². The number of carbonyl (C=O) groups is 1. The first kappa shape index (κ1) is 11.3. The number of hydrogen-bond acceptors (Lipinski definition) is 3. The van der Waals surface area contributed by atoms with Gasteiger partial charge in [-0.3, -0.25) is 4.79 Å². The van der Waals surface area contributed by atoms with E-state index in [-0.39, 0.29) is 12.5 Å². The van der Waals surface area contributed by atoms with Gasteiger partial charge >= 0.3 is 0 Å². The highest BCUT2D eigenvalue weighted by Crippen LogP contribution is 2.05. The predicted molar refractivity (Wildman–Crippen MR) is 54.1 cm³/mol. The molecule has 0 spiro atoms. The molecule has 0 saturated carbocycles. The second-order valence-corrected chi connectivity index (χ2v) is 3.89. The lowest BCUT2D eigenvalue weighted by Gasteiger charge is -2.22. The Morgan fingerprint density at radius 2 is 2.33 bits per heavy atom. The molecule has 15 heavy (non-hydrogen) atoms. The van der Waals surface area contributed by atoms with E-state index in [0.29, 0.717) is 11.4 Å². The normalized spacial score (nSPS) is 10.8. The van der Waals surface area contributed by atoms with Crippen molar-refractivity contribution < 1.29 is 9.90 Å². The summed E-state index contributed by atoms with van der Waals surface area (Å²) in [5.74, 6) is -0.337. The average Bonchev–Trinajstić information content (AvgIpc) is 2.65. The molecule has 1 amide bonds.